The number of halogens is 1. The van der Waals surface area contributed by atoms with Crippen LogP contribution in [0.25, 0.3) is 0 Å². The molecule has 0 saturated heterocycles. The summed E-state index contributed by atoms with van der Waals surface area (Å²) in [4.78, 5) is 23.1. The summed E-state index contributed by atoms with van der Waals surface area (Å²) in [6.45, 7) is 11.1. The van der Waals surface area contributed by atoms with Gasteiger partial charge in [-0.2, -0.15) is 11.8 Å². The van der Waals surface area contributed by atoms with Gasteiger partial charge in [-0.1, -0.05) is 6.07 Å². The summed E-state index contributed by atoms with van der Waals surface area (Å²) in [6, 6.07) is 3.84. The van der Waals surface area contributed by atoms with E-state index >= 15 is 0 Å². The minimum Gasteiger partial charge on any atom is -0.444 e. The van der Waals surface area contributed by atoms with Crippen molar-refractivity contribution in [2.45, 2.75) is 59.1 Å². The molecule has 0 bridgehead atoms. The van der Waals surface area contributed by atoms with Crippen LogP contribution in [0.3, 0.4) is 0 Å². The van der Waals surface area contributed by atoms with E-state index < -0.39 is 5.60 Å². The summed E-state index contributed by atoms with van der Waals surface area (Å²) in [6.07, 6.45) is 8.41. The lowest BCUT2D eigenvalue weighted by atomic mass is 10.2. The van der Waals surface area contributed by atoms with Gasteiger partial charge in [0.2, 0.25) is 0 Å². The monoisotopic (exact) mass is 565 g/mol. The lowest BCUT2D eigenvalue weighted by molar-refractivity contribution is 0.0232. The smallest absolute Gasteiger partial charge is 0.410 e. The molecule has 0 aliphatic rings. The molecule has 31 heavy (non-hydrogen) atoms. The van der Waals surface area contributed by atoms with Crippen molar-refractivity contribution in [2.75, 3.05) is 38.2 Å². The Morgan fingerprint density at radius 3 is 2.65 bits per heavy atom. The molecular formula is C22H40IN5O2S. The fourth-order valence-corrected chi connectivity index (χ4v) is 3.14. The Morgan fingerprint density at radius 2 is 2.03 bits per heavy atom. The molecular weight excluding hydrogens is 525 g/mol. The van der Waals surface area contributed by atoms with E-state index in [1.165, 1.54) is 12.2 Å². The number of ether oxygens (including phenoxy) is 1. The molecule has 1 aromatic rings. The van der Waals surface area contributed by atoms with Crippen LogP contribution in [0.1, 0.15) is 52.5 Å². The quantitative estimate of drug-likeness (QED) is 0.168. The SMILES string of the molecule is CCNC(=NCCCN(Cc1cccnc1)C(=O)OC(C)(C)C)NCCCCSC.I. The van der Waals surface area contributed by atoms with Crippen LogP contribution in [0.2, 0.25) is 0 Å². The maximum atomic E-state index is 12.6. The average molecular weight is 566 g/mol. The van der Waals surface area contributed by atoms with Crippen molar-refractivity contribution in [3.05, 3.63) is 30.1 Å². The van der Waals surface area contributed by atoms with E-state index in [1.807, 2.05) is 44.7 Å². The molecule has 0 aliphatic carbocycles. The summed E-state index contributed by atoms with van der Waals surface area (Å²) in [5.74, 6) is 2.02. The van der Waals surface area contributed by atoms with E-state index in [0.717, 1.165) is 37.5 Å². The van der Waals surface area contributed by atoms with Gasteiger partial charge in [-0.05, 0) is 70.6 Å². The number of carbonyl (C=O) groups is 1. The molecule has 0 spiro atoms. The Bertz CT molecular complexity index is 626. The summed E-state index contributed by atoms with van der Waals surface area (Å²) >= 11 is 1.88. The Hall–Kier alpha value is -1.23. The number of thioether (sulfide) groups is 1. The largest absolute Gasteiger partial charge is 0.444 e. The van der Waals surface area contributed by atoms with E-state index in [1.54, 1.807) is 17.3 Å². The molecule has 0 saturated carbocycles. The third-order valence-corrected chi connectivity index (χ3v) is 4.71. The van der Waals surface area contributed by atoms with Crippen molar-refractivity contribution in [1.82, 2.24) is 20.5 Å². The molecule has 0 unspecified atom stereocenters. The number of rotatable bonds is 12. The third-order valence-electron chi connectivity index (χ3n) is 4.02. The zero-order valence-corrected chi connectivity index (χ0v) is 22.8. The fraction of sp³-hybridized carbons (Fsp3) is 0.682. The molecule has 0 atom stereocenters. The average Bonchev–Trinajstić information content (AvgIpc) is 2.69. The highest BCUT2D eigenvalue weighted by Crippen LogP contribution is 2.13. The van der Waals surface area contributed by atoms with Gasteiger partial charge in [0, 0.05) is 38.6 Å². The minimum absolute atomic E-state index is 0. The van der Waals surface area contributed by atoms with Crippen molar-refractivity contribution in [3.8, 4) is 0 Å². The van der Waals surface area contributed by atoms with Crippen molar-refractivity contribution < 1.29 is 9.53 Å². The number of amides is 1. The highest BCUT2D eigenvalue weighted by atomic mass is 127. The number of nitrogens with zero attached hydrogens (tertiary/aromatic N) is 3. The Labute approximate surface area is 209 Å². The van der Waals surface area contributed by atoms with Crippen LogP contribution in [0, 0.1) is 0 Å². The van der Waals surface area contributed by atoms with E-state index in [-0.39, 0.29) is 30.1 Å². The number of carbonyl (C=O) groups excluding carboxylic acids is 1. The first-order chi connectivity index (χ1) is 14.4. The van der Waals surface area contributed by atoms with E-state index in [4.69, 9.17) is 4.74 Å². The van der Waals surface area contributed by atoms with Crippen LogP contribution in [0.4, 0.5) is 4.79 Å². The second kappa shape index (κ2) is 17.3. The number of aromatic nitrogens is 1. The van der Waals surface area contributed by atoms with Crippen LogP contribution in [-0.4, -0.2) is 65.7 Å². The van der Waals surface area contributed by atoms with Crippen molar-refractivity contribution in [2.24, 2.45) is 4.99 Å². The molecule has 0 aromatic carbocycles. The molecule has 0 radical (unpaired) electrons. The van der Waals surface area contributed by atoms with Gasteiger partial charge in [-0.25, -0.2) is 4.79 Å². The van der Waals surface area contributed by atoms with Crippen LogP contribution in [0.15, 0.2) is 29.5 Å². The zero-order chi connectivity index (χ0) is 22.2. The highest BCUT2D eigenvalue weighted by Gasteiger charge is 2.22. The Balaban J connectivity index is 0.00000900. The number of nitrogens with one attached hydrogen (secondary N) is 2. The molecule has 2 N–H and O–H groups in total. The predicted molar refractivity (Wildman–Crippen MR) is 143 cm³/mol. The number of aliphatic imine (C=N–C) groups is 1. The number of hydrogen-bond acceptors (Lipinski definition) is 5. The maximum absolute atomic E-state index is 12.6. The number of pyridine rings is 1. The van der Waals surface area contributed by atoms with E-state index in [0.29, 0.717) is 19.6 Å². The van der Waals surface area contributed by atoms with Gasteiger partial charge in [0.1, 0.15) is 5.60 Å². The lowest BCUT2D eigenvalue weighted by Crippen LogP contribution is -2.38. The molecule has 1 heterocycles. The summed E-state index contributed by atoms with van der Waals surface area (Å²) < 4.78 is 5.58. The molecule has 1 aromatic heterocycles. The van der Waals surface area contributed by atoms with Gasteiger partial charge in [-0.15, -0.1) is 24.0 Å². The Kier molecular flexibility index (Phi) is 16.7. The highest BCUT2D eigenvalue weighted by molar-refractivity contribution is 14.0. The number of guanidine groups is 1. The topological polar surface area (TPSA) is 78.9 Å². The molecule has 0 fully saturated rings. The molecule has 1 amide bonds. The molecule has 0 aliphatic heterocycles. The van der Waals surface area contributed by atoms with Crippen molar-refractivity contribution >= 4 is 47.8 Å². The third kappa shape index (κ3) is 15.2. The number of unbranched alkanes of at least 4 members (excludes halogenated alkanes) is 1. The second-order valence-corrected chi connectivity index (χ2v) is 8.99. The number of hydrogen-bond donors (Lipinski definition) is 2. The van der Waals surface area contributed by atoms with Gasteiger partial charge in [0.15, 0.2) is 5.96 Å². The molecule has 178 valence electrons. The van der Waals surface area contributed by atoms with Crippen LogP contribution >= 0.6 is 35.7 Å². The summed E-state index contributed by atoms with van der Waals surface area (Å²) in [7, 11) is 0. The van der Waals surface area contributed by atoms with E-state index in [2.05, 4.69) is 33.8 Å². The standard InChI is InChI=1S/C22H39N5O2S.HI/c1-6-24-20(25-13-7-8-16-30-5)26-14-10-15-27(21(28)29-22(2,3)4)18-19-11-9-12-23-17-19;/h9,11-12,17H,6-8,10,13-16,18H2,1-5H3,(H2,24,25,26);1H. The molecule has 1 rings (SSSR count). The first kappa shape index (κ1) is 29.8. The van der Waals surface area contributed by atoms with Gasteiger partial charge in [0.25, 0.3) is 0 Å². The predicted octanol–water partition coefficient (Wildman–Crippen LogP) is 4.53. The first-order valence-corrected chi connectivity index (χ1v) is 12.1. The normalized spacial score (nSPS) is 11.5. The molecule has 7 nitrogen and oxygen atoms in total. The van der Waals surface area contributed by atoms with Gasteiger partial charge in [-0.3, -0.25) is 9.98 Å². The van der Waals surface area contributed by atoms with Crippen LogP contribution < -0.4 is 10.6 Å². The second-order valence-electron chi connectivity index (χ2n) is 8.00. The summed E-state index contributed by atoms with van der Waals surface area (Å²) in [5, 5.41) is 6.65. The Morgan fingerprint density at radius 1 is 1.26 bits per heavy atom. The van der Waals surface area contributed by atoms with Gasteiger partial charge in [0.05, 0.1) is 6.54 Å². The van der Waals surface area contributed by atoms with Crippen molar-refractivity contribution in [3.63, 3.8) is 0 Å². The van der Waals surface area contributed by atoms with E-state index in [9.17, 15) is 4.79 Å². The van der Waals surface area contributed by atoms with Gasteiger partial charge >= 0.3 is 6.09 Å². The summed E-state index contributed by atoms with van der Waals surface area (Å²) in [5.41, 5.74) is 0.452. The maximum Gasteiger partial charge on any atom is 0.410 e. The lowest BCUT2D eigenvalue weighted by Gasteiger charge is -2.27. The van der Waals surface area contributed by atoms with Gasteiger partial charge < -0.3 is 20.3 Å². The van der Waals surface area contributed by atoms with Crippen LogP contribution in [0.5, 0.6) is 0 Å². The van der Waals surface area contributed by atoms with Crippen LogP contribution in [-0.2, 0) is 11.3 Å². The zero-order valence-electron chi connectivity index (χ0n) is 19.6. The minimum atomic E-state index is -0.527. The first-order valence-electron chi connectivity index (χ1n) is 10.7. The van der Waals surface area contributed by atoms with Crippen molar-refractivity contribution in [1.29, 1.82) is 0 Å². The fourth-order valence-electron chi connectivity index (χ4n) is 2.65. The molecule has 9 heteroatoms.